The molecule has 0 N–H and O–H groups in total. The standard InChI is InChI=1S/C22H31NO2/c1-14(24)25-17-8-10-21(2)15(12-17)4-6-18-19-7-5-16(13-23)22(19,3)11-9-20(18)21/h5,15,17-20H,4,6-12H2,1-3H3/t15-,17-,18+,19-,20+,21-,22+/m0/s1. The maximum Gasteiger partial charge on any atom is 0.302 e. The number of fused-ring (bicyclic) bond motifs is 5. The minimum atomic E-state index is -0.128. The number of nitriles is 1. The lowest BCUT2D eigenvalue weighted by Crippen LogP contribution is -2.53. The fourth-order valence-electron chi connectivity index (χ4n) is 7.30. The van der Waals surface area contributed by atoms with E-state index >= 15 is 0 Å². The van der Waals surface area contributed by atoms with Gasteiger partial charge in [0.25, 0.3) is 0 Å². The summed E-state index contributed by atoms with van der Waals surface area (Å²) in [7, 11) is 0. The molecule has 0 aromatic carbocycles. The lowest BCUT2D eigenvalue weighted by Gasteiger charge is -2.60. The van der Waals surface area contributed by atoms with E-state index in [4.69, 9.17) is 4.74 Å². The van der Waals surface area contributed by atoms with Crippen molar-refractivity contribution in [3.05, 3.63) is 11.6 Å². The lowest BCUT2D eigenvalue weighted by molar-refractivity contribution is -0.158. The van der Waals surface area contributed by atoms with Crippen LogP contribution in [0.4, 0.5) is 0 Å². The minimum Gasteiger partial charge on any atom is -0.463 e. The third kappa shape index (κ3) is 2.47. The van der Waals surface area contributed by atoms with E-state index < -0.39 is 0 Å². The molecule has 0 aromatic heterocycles. The normalized spacial score (nSPS) is 48.4. The number of allylic oxidation sites excluding steroid dienone is 2. The molecule has 3 heteroatoms. The maximum absolute atomic E-state index is 11.3. The molecule has 0 aliphatic heterocycles. The van der Waals surface area contributed by atoms with E-state index in [2.05, 4.69) is 26.0 Å². The van der Waals surface area contributed by atoms with Gasteiger partial charge >= 0.3 is 5.97 Å². The van der Waals surface area contributed by atoms with Crippen LogP contribution in [0.3, 0.4) is 0 Å². The fraction of sp³-hybridized carbons (Fsp3) is 0.818. The van der Waals surface area contributed by atoms with Gasteiger partial charge in [-0.25, -0.2) is 0 Å². The van der Waals surface area contributed by atoms with Gasteiger partial charge in [0, 0.05) is 17.9 Å². The first-order valence-corrected chi connectivity index (χ1v) is 10.2. The number of hydrogen-bond acceptors (Lipinski definition) is 3. The van der Waals surface area contributed by atoms with Crippen molar-refractivity contribution >= 4 is 5.97 Å². The van der Waals surface area contributed by atoms with Gasteiger partial charge in [-0.05, 0) is 80.5 Å². The molecule has 0 radical (unpaired) electrons. The highest BCUT2D eigenvalue weighted by atomic mass is 16.5. The van der Waals surface area contributed by atoms with Gasteiger partial charge in [0.05, 0.1) is 6.07 Å². The van der Waals surface area contributed by atoms with Crippen LogP contribution in [-0.4, -0.2) is 12.1 Å². The first kappa shape index (κ1) is 17.1. The number of esters is 1. The minimum absolute atomic E-state index is 0.128. The van der Waals surface area contributed by atoms with Crippen LogP contribution in [-0.2, 0) is 9.53 Å². The molecular weight excluding hydrogens is 310 g/mol. The van der Waals surface area contributed by atoms with E-state index in [0.717, 1.165) is 36.7 Å². The number of carbonyl (C=O) groups is 1. The quantitative estimate of drug-likeness (QED) is 0.629. The van der Waals surface area contributed by atoms with Crippen LogP contribution in [0.5, 0.6) is 0 Å². The summed E-state index contributed by atoms with van der Waals surface area (Å²) >= 11 is 0. The SMILES string of the molecule is CC(=O)O[C@H]1CC[C@@]2(C)[C@@H](CC[C@H]3[C@H]2CC[C@]2(C)C(C#N)=CC[C@@H]32)C1. The Morgan fingerprint density at radius 2 is 2.00 bits per heavy atom. The van der Waals surface area contributed by atoms with E-state index in [0.29, 0.717) is 17.3 Å². The molecule has 0 heterocycles. The summed E-state index contributed by atoms with van der Waals surface area (Å²) in [6, 6.07) is 2.50. The Morgan fingerprint density at radius 3 is 2.72 bits per heavy atom. The number of nitrogens with zero attached hydrogens (tertiary/aromatic N) is 1. The van der Waals surface area contributed by atoms with Crippen molar-refractivity contribution in [2.45, 2.75) is 78.2 Å². The van der Waals surface area contributed by atoms with Crippen molar-refractivity contribution in [2.24, 2.45) is 34.5 Å². The Hall–Kier alpha value is -1.30. The van der Waals surface area contributed by atoms with Crippen LogP contribution in [0.15, 0.2) is 11.6 Å². The van der Waals surface area contributed by atoms with Gasteiger partial charge in [-0.15, -0.1) is 0 Å². The summed E-state index contributed by atoms with van der Waals surface area (Å²) < 4.78 is 5.55. The molecule has 0 bridgehead atoms. The van der Waals surface area contributed by atoms with Crippen LogP contribution in [0, 0.1) is 45.8 Å². The van der Waals surface area contributed by atoms with Crippen molar-refractivity contribution < 1.29 is 9.53 Å². The molecule has 0 aromatic rings. The number of ether oxygens (including phenoxy) is 1. The summed E-state index contributed by atoms with van der Waals surface area (Å²) in [5.41, 5.74) is 1.59. The average Bonchev–Trinajstić information content (AvgIpc) is 2.91. The Balaban J connectivity index is 1.54. The topological polar surface area (TPSA) is 50.1 Å². The second-order valence-corrected chi connectivity index (χ2v) is 9.58. The Morgan fingerprint density at radius 1 is 1.20 bits per heavy atom. The lowest BCUT2D eigenvalue weighted by atomic mass is 9.44. The molecule has 0 spiro atoms. The second-order valence-electron chi connectivity index (χ2n) is 9.58. The predicted molar refractivity (Wildman–Crippen MR) is 96.4 cm³/mol. The average molecular weight is 341 g/mol. The highest BCUT2D eigenvalue weighted by Crippen LogP contribution is 2.66. The van der Waals surface area contributed by atoms with Crippen LogP contribution >= 0.6 is 0 Å². The first-order chi connectivity index (χ1) is 11.9. The van der Waals surface area contributed by atoms with Gasteiger partial charge < -0.3 is 4.74 Å². The van der Waals surface area contributed by atoms with Gasteiger partial charge in [0.1, 0.15) is 6.10 Å². The second kappa shape index (κ2) is 5.86. The van der Waals surface area contributed by atoms with Gasteiger partial charge in [-0.3, -0.25) is 4.79 Å². The Kier molecular flexibility index (Phi) is 4.02. The van der Waals surface area contributed by atoms with Crippen LogP contribution in [0.2, 0.25) is 0 Å². The van der Waals surface area contributed by atoms with Crippen molar-refractivity contribution in [3.8, 4) is 6.07 Å². The van der Waals surface area contributed by atoms with E-state index in [-0.39, 0.29) is 17.5 Å². The first-order valence-electron chi connectivity index (χ1n) is 10.2. The Bertz CT molecular complexity index is 647. The molecule has 0 saturated heterocycles. The molecule has 3 nitrogen and oxygen atoms in total. The van der Waals surface area contributed by atoms with E-state index in [1.54, 1.807) is 0 Å². The third-order valence-electron chi connectivity index (χ3n) is 8.65. The highest BCUT2D eigenvalue weighted by Gasteiger charge is 2.58. The van der Waals surface area contributed by atoms with E-state index in [9.17, 15) is 10.1 Å². The van der Waals surface area contributed by atoms with Crippen molar-refractivity contribution in [3.63, 3.8) is 0 Å². The zero-order valence-electron chi connectivity index (χ0n) is 15.9. The van der Waals surface area contributed by atoms with Crippen LogP contribution in [0.25, 0.3) is 0 Å². The molecule has 4 aliphatic carbocycles. The number of rotatable bonds is 1. The van der Waals surface area contributed by atoms with Crippen molar-refractivity contribution in [2.75, 3.05) is 0 Å². The summed E-state index contributed by atoms with van der Waals surface area (Å²) in [5.74, 6) is 2.80. The van der Waals surface area contributed by atoms with Crippen LogP contribution < -0.4 is 0 Å². The summed E-state index contributed by atoms with van der Waals surface area (Å²) in [6.07, 6.45) is 11.8. The van der Waals surface area contributed by atoms with Gasteiger partial charge in [-0.1, -0.05) is 19.9 Å². The number of hydrogen-bond donors (Lipinski definition) is 0. The van der Waals surface area contributed by atoms with Gasteiger partial charge in [0.15, 0.2) is 0 Å². The number of carbonyl (C=O) groups excluding carboxylic acids is 1. The molecule has 4 rings (SSSR count). The molecule has 25 heavy (non-hydrogen) atoms. The van der Waals surface area contributed by atoms with E-state index in [1.165, 1.54) is 39.0 Å². The van der Waals surface area contributed by atoms with Crippen molar-refractivity contribution in [1.82, 2.24) is 0 Å². The molecule has 3 saturated carbocycles. The third-order valence-corrected chi connectivity index (χ3v) is 8.65. The molecule has 0 amide bonds. The molecular formula is C22H31NO2. The molecule has 7 atom stereocenters. The molecule has 136 valence electrons. The molecule has 0 unspecified atom stereocenters. The monoisotopic (exact) mass is 341 g/mol. The van der Waals surface area contributed by atoms with E-state index in [1.807, 2.05) is 0 Å². The predicted octanol–water partition coefficient (Wildman–Crippen LogP) is 5.02. The molecule has 4 aliphatic rings. The largest absolute Gasteiger partial charge is 0.463 e. The zero-order chi connectivity index (χ0) is 17.8. The van der Waals surface area contributed by atoms with Crippen molar-refractivity contribution in [1.29, 1.82) is 5.26 Å². The maximum atomic E-state index is 11.3. The summed E-state index contributed by atoms with van der Waals surface area (Å²) in [6.45, 7) is 6.41. The van der Waals surface area contributed by atoms with Gasteiger partial charge in [-0.2, -0.15) is 5.26 Å². The fourth-order valence-corrected chi connectivity index (χ4v) is 7.30. The Labute approximate surface area is 151 Å². The summed E-state index contributed by atoms with van der Waals surface area (Å²) in [5, 5.41) is 9.55. The van der Waals surface area contributed by atoms with Gasteiger partial charge in [0.2, 0.25) is 0 Å². The summed E-state index contributed by atoms with van der Waals surface area (Å²) in [4.78, 5) is 11.3. The smallest absolute Gasteiger partial charge is 0.302 e. The molecule has 3 fully saturated rings. The highest BCUT2D eigenvalue weighted by molar-refractivity contribution is 5.66. The van der Waals surface area contributed by atoms with Crippen LogP contribution in [0.1, 0.15) is 72.1 Å². The zero-order valence-corrected chi connectivity index (χ0v) is 15.9.